The molecule has 1 aliphatic heterocycles. The second-order valence-electron chi connectivity index (χ2n) is 5.97. The summed E-state index contributed by atoms with van der Waals surface area (Å²) in [4.78, 5) is 14.9. The van der Waals surface area contributed by atoms with Crippen molar-refractivity contribution in [3.8, 4) is 0 Å². The molecular formula is C18H18ClFN2O3S2. The van der Waals surface area contributed by atoms with E-state index in [9.17, 15) is 17.6 Å². The van der Waals surface area contributed by atoms with Gasteiger partial charge in [0.15, 0.2) is 0 Å². The summed E-state index contributed by atoms with van der Waals surface area (Å²) >= 11 is 7.67. The lowest BCUT2D eigenvalue weighted by Gasteiger charge is -2.34. The molecule has 2 aromatic carbocycles. The number of piperazine rings is 1. The van der Waals surface area contributed by atoms with Gasteiger partial charge in [-0.05, 0) is 36.6 Å². The van der Waals surface area contributed by atoms with Gasteiger partial charge in [0.1, 0.15) is 10.7 Å². The monoisotopic (exact) mass is 428 g/mol. The molecule has 0 N–H and O–H groups in total. The predicted octanol–water partition coefficient (Wildman–Crippen LogP) is 3.35. The highest BCUT2D eigenvalue weighted by atomic mass is 35.5. The second kappa shape index (κ2) is 8.18. The van der Waals surface area contributed by atoms with Gasteiger partial charge in [-0.3, -0.25) is 4.79 Å². The van der Waals surface area contributed by atoms with E-state index in [-0.39, 0.29) is 37.0 Å². The van der Waals surface area contributed by atoms with Crippen molar-refractivity contribution in [3.05, 3.63) is 58.9 Å². The maximum absolute atomic E-state index is 13.9. The Balaban J connectivity index is 1.74. The van der Waals surface area contributed by atoms with Crippen molar-refractivity contribution in [1.82, 2.24) is 9.21 Å². The zero-order chi connectivity index (χ0) is 19.6. The summed E-state index contributed by atoms with van der Waals surface area (Å²) in [5, 5.41) is 0.360. The highest BCUT2D eigenvalue weighted by Crippen LogP contribution is 2.25. The van der Waals surface area contributed by atoms with E-state index in [0.717, 1.165) is 11.0 Å². The largest absolute Gasteiger partial charge is 0.336 e. The molecule has 0 radical (unpaired) electrons. The van der Waals surface area contributed by atoms with Crippen molar-refractivity contribution in [3.63, 3.8) is 0 Å². The van der Waals surface area contributed by atoms with E-state index in [0.29, 0.717) is 10.6 Å². The standard InChI is InChI=1S/C18H18ClFN2O3S2/c1-26-13-6-7-15(19)14(12-13)18(23)21-8-10-22(11-9-21)27(24,25)17-5-3-2-4-16(17)20/h2-7,12H,8-11H2,1H3. The smallest absolute Gasteiger partial charge is 0.255 e. The number of rotatable bonds is 4. The quantitative estimate of drug-likeness (QED) is 0.701. The molecule has 0 saturated carbocycles. The normalized spacial score (nSPS) is 15.7. The molecule has 5 nitrogen and oxygen atoms in total. The van der Waals surface area contributed by atoms with Crippen LogP contribution in [0.1, 0.15) is 10.4 Å². The molecule has 27 heavy (non-hydrogen) atoms. The summed E-state index contributed by atoms with van der Waals surface area (Å²) < 4.78 is 40.4. The third kappa shape index (κ3) is 4.13. The van der Waals surface area contributed by atoms with Gasteiger partial charge in [-0.15, -0.1) is 11.8 Å². The number of thioether (sulfide) groups is 1. The van der Waals surface area contributed by atoms with Crippen molar-refractivity contribution in [2.75, 3.05) is 32.4 Å². The maximum Gasteiger partial charge on any atom is 0.255 e. The summed E-state index contributed by atoms with van der Waals surface area (Å²) in [6, 6.07) is 10.5. The van der Waals surface area contributed by atoms with Crippen LogP contribution in [0.4, 0.5) is 4.39 Å². The maximum atomic E-state index is 13.9. The SMILES string of the molecule is CSc1ccc(Cl)c(C(=O)N2CCN(S(=O)(=O)c3ccccc3F)CC2)c1. The fraction of sp³-hybridized carbons (Fsp3) is 0.278. The lowest BCUT2D eigenvalue weighted by atomic mass is 10.2. The molecule has 0 aliphatic carbocycles. The van der Waals surface area contributed by atoms with E-state index < -0.39 is 15.8 Å². The van der Waals surface area contributed by atoms with E-state index >= 15 is 0 Å². The minimum atomic E-state index is -3.93. The fourth-order valence-electron chi connectivity index (χ4n) is 2.89. The highest BCUT2D eigenvalue weighted by Gasteiger charge is 2.32. The van der Waals surface area contributed by atoms with E-state index in [4.69, 9.17) is 11.6 Å². The summed E-state index contributed by atoms with van der Waals surface area (Å²) in [6.07, 6.45) is 1.91. The minimum Gasteiger partial charge on any atom is -0.336 e. The first-order chi connectivity index (χ1) is 12.8. The first kappa shape index (κ1) is 20.1. The molecule has 0 atom stereocenters. The average Bonchev–Trinajstić information content (AvgIpc) is 2.68. The number of hydrogen-bond donors (Lipinski definition) is 0. The van der Waals surface area contributed by atoms with Crippen molar-refractivity contribution in [2.45, 2.75) is 9.79 Å². The Morgan fingerprint density at radius 3 is 2.41 bits per heavy atom. The molecular weight excluding hydrogens is 411 g/mol. The van der Waals surface area contributed by atoms with Crippen molar-refractivity contribution < 1.29 is 17.6 Å². The zero-order valence-electron chi connectivity index (χ0n) is 14.6. The molecule has 1 heterocycles. The summed E-state index contributed by atoms with van der Waals surface area (Å²) in [5.74, 6) is -1.02. The van der Waals surface area contributed by atoms with Gasteiger partial charge in [0.2, 0.25) is 10.0 Å². The third-order valence-electron chi connectivity index (χ3n) is 4.38. The molecule has 0 bridgehead atoms. The van der Waals surface area contributed by atoms with Crippen molar-refractivity contribution in [2.24, 2.45) is 0 Å². The number of nitrogens with zero attached hydrogens (tertiary/aromatic N) is 2. The number of amides is 1. The Labute approximate surface area is 167 Å². The van der Waals surface area contributed by atoms with Crippen LogP contribution in [0.5, 0.6) is 0 Å². The van der Waals surface area contributed by atoms with Crippen LogP contribution in [-0.4, -0.2) is 56.0 Å². The summed E-state index contributed by atoms with van der Waals surface area (Å²) in [6.45, 7) is 0.628. The zero-order valence-corrected chi connectivity index (χ0v) is 17.0. The lowest BCUT2D eigenvalue weighted by Crippen LogP contribution is -2.50. The Morgan fingerprint density at radius 1 is 1.11 bits per heavy atom. The van der Waals surface area contributed by atoms with Gasteiger partial charge in [0.05, 0.1) is 10.6 Å². The number of halogens is 2. The van der Waals surface area contributed by atoms with Crippen molar-refractivity contribution >= 4 is 39.3 Å². The third-order valence-corrected chi connectivity index (χ3v) is 7.37. The van der Waals surface area contributed by atoms with Crippen LogP contribution in [0.3, 0.4) is 0 Å². The number of sulfonamides is 1. The predicted molar refractivity (Wildman–Crippen MR) is 104 cm³/mol. The molecule has 1 saturated heterocycles. The summed E-state index contributed by atoms with van der Waals surface area (Å²) in [5.41, 5.74) is 0.397. The molecule has 1 fully saturated rings. The Hall–Kier alpha value is -1.61. The van der Waals surface area contributed by atoms with Gasteiger partial charge in [-0.2, -0.15) is 4.31 Å². The van der Waals surface area contributed by atoms with E-state index in [1.165, 1.54) is 34.3 Å². The van der Waals surface area contributed by atoms with Crippen LogP contribution in [-0.2, 0) is 10.0 Å². The van der Waals surface area contributed by atoms with Crippen LogP contribution >= 0.6 is 23.4 Å². The van der Waals surface area contributed by atoms with E-state index in [1.807, 2.05) is 12.3 Å². The molecule has 0 unspecified atom stereocenters. The number of carbonyl (C=O) groups excluding carboxylic acids is 1. The second-order valence-corrected chi connectivity index (χ2v) is 9.17. The molecule has 9 heteroatoms. The van der Waals surface area contributed by atoms with Crippen LogP contribution in [0.2, 0.25) is 5.02 Å². The Morgan fingerprint density at radius 2 is 1.78 bits per heavy atom. The van der Waals surface area contributed by atoms with Gasteiger partial charge in [0.25, 0.3) is 5.91 Å². The van der Waals surface area contributed by atoms with Gasteiger partial charge >= 0.3 is 0 Å². The molecule has 0 spiro atoms. The van der Waals surface area contributed by atoms with Crippen LogP contribution in [0.25, 0.3) is 0 Å². The number of benzene rings is 2. The van der Waals surface area contributed by atoms with E-state index in [2.05, 4.69) is 0 Å². The highest BCUT2D eigenvalue weighted by molar-refractivity contribution is 7.98. The van der Waals surface area contributed by atoms with Gasteiger partial charge in [-0.1, -0.05) is 23.7 Å². The van der Waals surface area contributed by atoms with Crippen LogP contribution < -0.4 is 0 Å². The molecule has 1 amide bonds. The van der Waals surface area contributed by atoms with Crippen LogP contribution in [0.15, 0.2) is 52.3 Å². The van der Waals surface area contributed by atoms with Gasteiger partial charge < -0.3 is 4.90 Å². The molecule has 1 aliphatic rings. The van der Waals surface area contributed by atoms with Crippen LogP contribution in [0, 0.1) is 5.82 Å². The fourth-order valence-corrected chi connectivity index (χ4v) is 5.02. The topological polar surface area (TPSA) is 57.7 Å². The lowest BCUT2D eigenvalue weighted by molar-refractivity contribution is 0.0697. The summed E-state index contributed by atoms with van der Waals surface area (Å²) in [7, 11) is -3.93. The Kier molecular flexibility index (Phi) is 6.10. The molecule has 0 aromatic heterocycles. The molecule has 144 valence electrons. The van der Waals surface area contributed by atoms with Gasteiger partial charge in [-0.25, -0.2) is 12.8 Å². The number of hydrogen-bond acceptors (Lipinski definition) is 4. The molecule has 3 rings (SSSR count). The van der Waals surface area contributed by atoms with E-state index in [1.54, 1.807) is 17.0 Å². The number of carbonyl (C=O) groups is 1. The first-order valence-corrected chi connectivity index (χ1v) is 11.3. The minimum absolute atomic E-state index is 0.0994. The van der Waals surface area contributed by atoms with Crippen molar-refractivity contribution in [1.29, 1.82) is 0 Å². The molecule has 2 aromatic rings. The average molecular weight is 429 g/mol. The first-order valence-electron chi connectivity index (χ1n) is 8.22. The van der Waals surface area contributed by atoms with Gasteiger partial charge in [0, 0.05) is 31.1 Å². The Bertz CT molecular complexity index is 961.